The minimum Gasteiger partial charge on any atom is -0.481 e. The van der Waals surface area contributed by atoms with Gasteiger partial charge in [0, 0.05) is 24.4 Å². The molecule has 0 radical (unpaired) electrons. The molecule has 0 aliphatic carbocycles. The Morgan fingerprint density at radius 3 is 2.81 bits per heavy atom. The zero-order valence-electron chi connectivity index (χ0n) is 12.0. The van der Waals surface area contributed by atoms with Gasteiger partial charge in [-0.25, -0.2) is 15.0 Å². The van der Waals surface area contributed by atoms with E-state index in [9.17, 15) is 10.1 Å². The number of aryl methyl sites for hydroxylation is 1. The smallest absolute Gasteiger partial charge is 0.316 e. The molecule has 0 atom stereocenters. The molecule has 0 spiro atoms. The van der Waals surface area contributed by atoms with E-state index in [1.807, 2.05) is 6.92 Å². The number of ether oxygens (including phenoxy) is 1. The van der Waals surface area contributed by atoms with Crippen molar-refractivity contribution in [1.29, 1.82) is 0 Å². The van der Waals surface area contributed by atoms with Gasteiger partial charge in [0.15, 0.2) is 5.69 Å². The van der Waals surface area contributed by atoms with Crippen LogP contribution in [0.2, 0.25) is 0 Å². The number of pyridine rings is 1. The molecule has 21 heavy (non-hydrogen) atoms. The number of nitro groups is 1. The molecule has 0 saturated heterocycles. The summed E-state index contributed by atoms with van der Waals surface area (Å²) in [5.74, 6) is 0.717. The standard InChI is InChI=1S/C13H15N5O3/c1-4-14-13-16-8(2)12(18(19)20)11(17-13)9-5-6-15-10(7-9)21-3/h5-7H,4H2,1-3H3,(H,14,16,17). The second-order valence-electron chi connectivity index (χ2n) is 4.20. The van der Waals surface area contributed by atoms with E-state index in [2.05, 4.69) is 20.3 Å². The van der Waals surface area contributed by atoms with Crippen molar-refractivity contribution in [2.24, 2.45) is 0 Å². The monoisotopic (exact) mass is 289 g/mol. The van der Waals surface area contributed by atoms with E-state index in [4.69, 9.17) is 4.74 Å². The van der Waals surface area contributed by atoms with Crippen LogP contribution in [0.3, 0.4) is 0 Å². The maximum absolute atomic E-state index is 11.3. The number of aromatic nitrogens is 3. The summed E-state index contributed by atoms with van der Waals surface area (Å²) in [5, 5.41) is 14.3. The summed E-state index contributed by atoms with van der Waals surface area (Å²) in [4.78, 5) is 23.2. The summed E-state index contributed by atoms with van der Waals surface area (Å²) < 4.78 is 5.04. The maximum Gasteiger partial charge on any atom is 0.316 e. The van der Waals surface area contributed by atoms with Crippen molar-refractivity contribution >= 4 is 11.6 Å². The van der Waals surface area contributed by atoms with Crippen molar-refractivity contribution in [1.82, 2.24) is 15.0 Å². The van der Waals surface area contributed by atoms with Crippen LogP contribution in [0.25, 0.3) is 11.3 Å². The lowest BCUT2D eigenvalue weighted by atomic mass is 10.1. The van der Waals surface area contributed by atoms with Crippen LogP contribution in [0.15, 0.2) is 18.3 Å². The minimum atomic E-state index is -0.479. The number of anilines is 1. The Kier molecular flexibility index (Phi) is 4.27. The first-order valence-corrected chi connectivity index (χ1v) is 6.34. The molecule has 0 saturated carbocycles. The zero-order chi connectivity index (χ0) is 15.4. The van der Waals surface area contributed by atoms with Crippen LogP contribution in [0.1, 0.15) is 12.6 Å². The molecule has 0 bridgehead atoms. The van der Waals surface area contributed by atoms with E-state index in [1.165, 1.54) is 13.3 Å². The fraction of sp³-hybridized carbons (Fsp3) is 0.308. The van der Waals surface area contributed by atoms with Crippen LogP contribution in [0.5, 0.6) is 5.88 Å². The van der Waals surface area contributed by atoms with Crippen LogP contribution >= 0.6 is 0 Å². The molecule has 8 heteroatoms. The number of hydrogen-bond donors (Lipinski definition) is 1. The van der Waals surface area contributed by atoms with Crippen molar-refractivity contribution in [3.63, 3.8) is 0 Å². The van der Waals surface area contributed by atoms with Crippen LogP contribution < -0.4 is 10.1 Å². The highest BCUT2D eigenvalue weighted by Gasteiger charge is 2.23. The molecular formula is C13H15N5O3. The van der Waals surface area contributed by atoms with Crippen molar-refractivity contribution in [3.05, 3.63) is 34.1 Å². The van der Waals surface area contributed by atoms with Crippen LogP contribution in [-0.4, -0.2) is 33.5 Å². The molecule has 0 aliphatic heterocycles. The summed E-state index contributed by atoms with van der Waals surface area (Å²) >= 11 is 0. The number of nitrogens with zero attached hydrogens (tertiary/aromatic N) is 4. The molecule has 0 amide bonds. The van der Waals surface area contributed by atoms with Gasteiger partial charge in [0.25, 0.3) is 0 Å². The van der Waals surface area contributed by atoms with Gasteiger partial charge in [-0.2, -0.15) is 0 Å². The van der Waals surface area contributed by atoms with Gasteiger partial charge in [0.1, 0.15) is 5.69 Å². The highest BCUT2D eigenvalue weighted by molar-refractivity contribution is 5.72. The first-order chi connectivity index (χ1) is 10.1. The molecule has 0 aromatic carbocycles. The number of hydrogen-bond acceptors (Lipinski definition) is 7. The predicted octanol–water partition coefficient (Wildman–Crippen LogP) is 2.20. The Labute approximate surface area is 121 Å². The first-order valence-electron chi connectivity index (χ1n) is 6.34. The molecule has 0 unspecified atom stereocenters. The number of nitrogens with one attached hydrogen (secondary N) is 1. The van der Waals surface area contributed by atoms with Crippen LogP contribution in [0, 0.1) is 17.0 Å². The lowest BCUT2D eigenvalue weighted by molar-refractivity contribution is -0.385. The fourth-order valence-corrected chi connectivity index (χ4v) is 1.89. The predicted molar refractivity (Wildman–Crippen MR) is 77.4 cm³/mol. The number of methoxy groups -OCH3 is 1. The normalized spacial score (nSPS) is 10.2. The molecule has 0 fully saturated rings. The van der Waals surface area contributed by atoms with Gasteiger partial charge < -0.3 is 10.1 Å². The highest BCUT2D eigenvalue weighted by Crippen LogP contribution is 2.32. The van der Waals surface area contributed by atoms with Gasteiger partial charge in [0.2, 0.25) is 11.8 Å². The lowest BCUT2D eigenvalue weighted by Crippen LogP contribution is -2.07. The van der Waals surface area contributed by atoms with E-state index in [0.29, 0.717) is 29.6 Å². The van der Waals surface area contributed by atoms with Gasteiger partial charge in [-0.1, -0.05) is 0 Å². The quantitative estimate of drug-likeness (QED) is 0.664. The Morgan fingerprint density at radius 1 is 1.43 bits per heavy atom. The molecule has 110 valence electrons. The lowest BCUT2D eigenvalue weighted by Gasteiger charge is -2.09. The third-order valence-corrected chi connectivity index (χ3v) is 2.79. The minimum absolute atomic E-state index is 0.120. The van der Waals surface area contributed by atoms with Crippen molar-refractivity contribution < 1.29 is 9.66 Å². The third-order valence-electron chi connectivity index (χ3n) is 2.79. The summed E-state index contributed by atoms with van der Waals surface area (Å²) in [7, 11) is 1.48. The Hall–Kier alpha value is -2.77. The van der Waals surface area contributed by atoms with Crippen LogP contribution in [0.4, 0.5) is 11.6 Å². The van der Waals surface area contributed by atoms with E-state index < -0.39 is 4.92 Å². The average molecular weight is 289 g/mol. The zero-order valence-corrected chi connectivity index (χ0v) is 12.0. The second-order valence-corrected chi connectivity index (χ2v) is 4.20. The summed E-state index contributed by atoms with van der Waals surface area (Å²) in [5.41, 5.74) is 0.976. The molecule has 0 aliphatic rings. The van der Waals surface area contributed by atoms with Gasteiger partial charge in [-0.15, -0.1) is 0 Å². The van der Waals surface area contributed by atoms with Gasteiger partial charge in [-0.05, 0) is 19.9 Å². The highest BCUT2D eigenvalue weighted by atomic mass is 16.6. The largest absolute Gasteiger partial charge is 0.481 e. The molecule has 2 heterocycles. The van der Waals surface area contributed by atoms with E-state index in [-0.39, 0.29) is 11.4 Å². The Bertz CT molecular complexity index is 675. The molecule has 8 nitrogen and oxygen atoms in total. The Morgan fingerprint density at radius 2 is 2.19 bits per heavy atom. The third kappa shape index (κ3) is 3.04. The van der Waals surface area contributed by atoms with Gasteiger partial charge >= 0.3 is 5.69 Å². The molecule has 2 aromatic rings. The molecular weight excluding hydrogens is 274 g/mol. The van der Waals surface area contributed by atoms with Gasteiger partial charge in [-0.3, -0.25) is 10.1 Å². The topological polar surface area (TPSA) is 103 Å². The van der Waals surface area contributed by atoms with Crippen molar-refractivity contribution in [3.8, 4) is 17.1 Å². The maximum atomic E-state index is 11.3. The molecule has 1 N–H and O–H groups in total. The van der Waals surface area contributed by atoms with Crippen molar-refractivity contribution in [2.75, 3.05) is 19.0 Å². The SMILES string of the molecule is CCNc1nc(C)c([N+](=O)[O-])c(-c2ccnc(OC)c2)n1. The summed E-state index contributed by atoms with van der Waals surface area (Å²) in [6.45, 7) is 4.11. The summed E-state index contributed by atoms with van der Waals surface area (Å²) in [6, 6.07) is 3.25. The van der Waals surface area contributed by atoms with Gasteiger partial charge in [0.05, 0.1) is 12.0 Å². The fourth-order valence-electron chi connectivity index (χ4n) is 1.89. The summed E-state index contributed by atoms with van der Waals surface area (Å²) in [6.07, 6.45) is 1.52. The van der Waals surface area contributed by atoms with E-state index >= 15 is 0 Å². The first kappa shape index (κ1) is 14.6. The van der Waals surface area contributed by atoms with E-state index in [0.717, 1.165) is 0 Å². The Balaban J connectivity index is 2.65. The van der Waals surface area contributed by atoms with E-state index in [1.54, 1.807) is 19.1 Å². The molecule has 2 aromatic heterocycles. The number of rotatable bonds is 5. The molecule has 2 rings (SSSR count). The average Bonchev–Trinajstić information content (AvgIpc) is 2.46. The van der Waals surface area contributed by atoms with Crippen LogP contribution in [-0.2, 0) is 0 Å². The second kappa shape index (κ2) is 6.12. The van der Waals surface area contributed by atoms with Crippen molar-refractivity contribution in [2.45, 2.75) is 13.8 Å².